The highest BCUT2D eigenvalue weighted by molar-refractivity contribution is 5.78. The maximum Gasteiger partial charge on any atom is 0.236 e. The number of hydrogen-bond donors (Lipinski definition) is 1. The van der Waals surface area contributed by atoms with Gasteiger partial charge in [-0.2, -0.15) is 0 Å². The summed E-state index contributed by atoms with van der Waals surface area (Å²) < 4.78 is 10.6. The first-order valence-corrected chi connectivity index (χ1v) is 8.73. The summed E-state index contributed by atoms with van der Waals surface area (Å²) in [4.78, 5) is 16.5. The number of nitrogens with zero attached hydrogens (tertiary/aromatic N) is 2. The maximum absolute atomic E-state index is 12.3. The van der Waals surface area contributed by atoms with Crippen LogP contribution in [0.25, 0.3) is 0 Å². The van der Waals surface area contributed by atoms with Gasteiger partial charge in [-0.1, -0.05) is 6.07 Å². The van der Waals surface area contributed by atoms with Gasteiger partial charge in [0.15, 0.2) is 0 Å². The number of nitrogens with one attached hydrogen (secondary N) is 1. The molecule has 1 aromatic carbocycles. The van der Waals surface area contributed by atoms with Crippen molar-refractivity contribution in [3.8, 4) is 5.75 Å². The highest BCUT2D eigenvalue weighted by atomic mass is 16.5. The van der Waals surface area contributed by atoms with Gasteiger partial charge in [0.25, 0.3) is 0 Å². The smallest absolute Gasteiger partial charge is 0.236 e. The second-order valence-electron chi connectivity index (χ2n) is 6.42. The molecule has 0 saturated carbocycles. The van der Waals surface area contributed by atoms with Gasteiger partial charge in [-0.05, 0) is 25.0 Å². The molecule has 2 fully saturated rings. The number of amides is 1. The Balaban J connectivity index is 1.42. The molecule has 2 heterocycles. The molecule has 3 rings (SSSR count). The number of piperidine rings is 1. The van der Waals surface area contributed by atoms with Crippen molar-refractivity contribution in [3.63, 3.8) is 0 Å². The van der Waals surface area contributed by atoms with Gasteiger partial charge in [-0.3, -0.25) is 9.69 Å². The predicted molar refractivity (Wildman–Crippen MR) is 93.5 cm³/mol. The molecular formula is C18H27N3O3. The summed E-state index contributed by atoms with van der Waals surface area (Å²) in [5.41, 5.74) is 1.09. The van der Waals surface area contributed by atoms with Crippen molar-refractivity contribution >= 4 is 11.6 Å². The molecule has 0 aliphatic carbocycles. The van der Waals surface area contributed by atoms with E-state index in [2.05, 4.69) is 16.3 Å². The zero-order valence-electron chi connectivity index (χ0n) is 14.4. The lowest BCUT2D eigenvalue weighted by molar-refractivity contribution is -0.136. The number of carbonyl (C=O) groups is 1. The highest BCUT2D eigenvalue weighted by Gasteiger charge is 2.23. The van der Waals surface area contributed by atoms with Crippen LogP contribution in [0.3, 0.4) is 0 Å². The van der Waals surface area contributed by atoms with Crippen molar-refractivity contribution in [2.24, 2.45) is 0 Å². The molecule has 2 saturated heterocycles. The van der Waals surface area contributed by atoms with Crippen molar-refractivity contribution < 1.29 is 14.3 Å². The molecule has 1 amide bonds. The Morgan fingerprint density at radius 1 is 1.25 bits per heavy atom. The van der Waals surface area contributed by atoms with Crippen LogP contribution in [0.5, 0.6) is 5.75 Å². The average Bonchev–Trinajstić information content (AvgIpc) is 2.64. The number of benzene rings is 1. The van der Waals surface area contributed by atoms with Gasteiger partial charge in [-0.25, -0.2) is 0 Å². The number of hydrogen-bond acceptors (Lipinski definition) is 5. The van der Waals surface area contributed by atoms with E-state index in [1.165, 1.54) is 0 Å². The van der Waals surface area contributed by atoms with E-state index in [1.807, 2.05) is 23.1 Å². The van der Waals surface area contributed by atoms with Crippen LogP contribution < -0.4 is 10.1 Å². The van der Waals surface area contributed by atoms with E-state index in [1.54, 1.807) is 7.11 Å². The van der Waals surface area contributed by atoms with E-state index in [4.69, 9.17) is 9.47 Å². The summed E-state index contributed by atoms with van der Waals surface area (Å²) in [7, 11) is 1.68. The van der Waals surface area contributed by atoms with Crippen LogP contribution in [-0.4, -0.2) is 74.8 Å². The summed E-state index contributed by atoms with van der Waals surface area (Å²) in [5, 5.41) is 3.57. The highest BCUT2D eigenvalue weighted by Crippen LogP contribution is 2.20. The van der Waals surface area contributed by atoms with E-state index >= 15 is 0 Å². The number of methoxy groups -OCH3 is 1. The standard InChI is InChI=1S/C18H27N3O3/c1-23-17-4-2-3-16(13-17)19-15-5-7-20(8-6-15)14-18(22)21-9-11-24-12-10-21/h2-4,13,15,19H,5-12,14H2,1H3. The number of carbonyl (C=O) groups excluding carboxylic acids is 1. The lowest BCUT2D eigenvalue weighted by Gasteiger charge is -2.34. The Hall–Kier alpha value is -1.79. The minimum atomic E-state index is 0.234. The number of ether oxygens (including phenoxy) is 2. The number of likely N-dealkylation sites (tertiary alicyclic amines) is 1. The topological polar surface area (TPSA) is 54.0 Å². The summed E-state index contributed by atoms with van der Waals surface area (Å²) in [6.07, 6.45) is 2.10. The number of morpholine rings is 1. The summed E-state index contributed by atoms with van der Waals surface area (Å²) >= 11 is 0. The summed E-state index contributed by atoms with van der Waals surface area (Å²) in [6.45, 7) is 5.23. The third kappa shape index (κ3) is 4.61. The Morgan fingerprint density at radius 3 is 2.71 bits per heavy atom. The van der Waals surface area contributed by atoms with Gasteiger partial charge in [0.05, 0.1) is 26.9 Å². The molecule has 0 radical (unpaired) electrons. The second-order valence-corrected chi connectivity index (χ2v) is 6.42. The van der Waals surface area contributed by atoms with Gasteiger partial charge in [0.1, 0.15) is 5.75 Å². The molecule has 1 aromatic rings. The molecule has 132 valence electrons. The lowest BCUT2D eigenvalue weighted by atomic mass is 10.0. The van der Waals surface area contributed by atoms with Crippen molar-refractivity contribution in [3.05, 3.63) is 24.3 Å². The molecule has 24 heavy (non-hydrogen) atoms. The fourth-order valence-corrected chi connectivity index (χ4v) is 3.29. The third-order valence-electron chi connectivity index (χ3n) is 4.75. The van der Waals surface area contributed by atoms with Crippen molar-refractivity contribution in [1.82, 2.24) is 9.80 Å². The summed E-state index contributed by atoms with van der Waals surface area (Å²) in [6, 6.07) is 8.49. The first kappa shape index (κ1) is 17.0. The second kappa shape index (κ2) is 8.35. The van der Waals surface area contributed by atoms with E-state index in [0.29, 0.717) is 25.8 Å². The molecule has 0 aromatic heterocycles. The van der Waals surface area contributed by atoms with Crippen LogP contribution in [0, 0.1) is 0 Å². The van der Waals surface area contributed by atoms with E-state index in [-0.39, 0.29) is 5.91 Å². The van der Waals surface area contributed by atoms with Crippen LogP contribution in [-0.2, 0) is 9.53 Å². The van der Waals surface area contributed by atoms with Crippen molar-refractivity contribution in [1.29, 1.82) is 0 Å². The van der Waals surface area contributed by atoms with Gasteiger partial charge in [0, 0.05) is 44.0 Å². The number of rotatable bonds is 5. The predicted octanol–water partition coefficient (Wildman–Crippen LogP) is 1.43. The van der Waals surface area contributed by atoms with Crippen molar-refractivity contribution in [2.75, 3.05) is 58.4 Å². The minimum absolute atomic E-state index is 0.234. The Kier molecular flexibility index (Phi) is 5.93. The maximum atomic E-state index is 12.3. The van der Waals surface area contributed by atoms with Crippen LogP contribution >= 0.6 is 0 Å². The molecule has 1 N–H and O–H groups in total. The fraction of sp³-hybridized carbons (Fsp3) is 0.611. The Labute approximate surface area is 143 Å². The Bertz CT molecular complexity index is 538. The molecule has 0 spiro atoms. The van der Waals surface area contributed by atoms with Crippen LogP contribution in [0.15, 0.2) is 24.3 Å². The lowest BCUT2D eigenvalue weighted by Crippen LogP contribution is -2.48. The van der Waals surface area contributed by atoms with Crippen LogP contribution in [0.1, 0.15) is 12.8 Å². The normalized spacial score (nSPS) is 20.0. The quantitative estimate of drug-likeness (QED) is 0.883. The molecule has 2 aliphatic heterocycles. The first-order chi connectivity index (χ1) is 11.7. The fourth-order valence-electron chi connectivity index (χ4n) is 3.29. The Morgan fingerprint density at radius 2 is 2.00 bits per heavy atom. The van der Waals surface area contributed by atoms with E-state index in [0.717, 1.165) is 50.5 Å². The first-order valence-electron chi connectivity index (χ1n) is 8.73. The molecular weight excluding hydrogens is 306 g/mol. The van der Waals surface area contributed by atoms with E-state index in [9.17, 15) is 4.79 Å². The van der Waals surface area contributed by atoms with Crippen LogP contribution in [0.4, 0.5) is 5.69 Å². The molecule has 0 unspecified atom stereocenters. The summed E-state index contributed by atoms with van der Waals surface area (Å²) in [5.74, 6) is 1.10. The molecule has 0 atom stereocenters. The third-order valence-corrected chi connectivity index (χ3v) is 4.75. The minimum Gasteiger partial charge on any atom is -0.497 e. The molecule has 6 nitrogen and oxygen atoms in total. The zero-order chi connectivity index (χ0) is 16.8. The van der Waals surface area contributed by atoms with Crippen molar-refractivity contribution in [2.45, 2.75) is 18.9 Å². The van der Waals surface area contributed by atoms with Gasteiger partial charge in [-0.15, -0.1) is 0 Å². The van der Waals surface area contributed by atoms with E-state index < -0.39 is 0 Å². The van der Waals surface area contributed by atoms with Gasteiger partial charge in [0.2, 0.25) is 5.91 Å². The largest absolute Gasteiger partial charge is 0.497 e. The zero-order valence-corrected chi connectivity index (χ0v) is 14.4. The monoisotopic (exact) mass is 333 g/mol. The van der Waals surface area contributed by atoms with Gasteiger partial charge < -0.3 is 19.7 Å². The average molecular weight is 333 g/mol. The van der Waals surface area contributed by atoms with Gasteiger partial charge >= 0.3 is 0 Å². The SMILES string of the molecule is COc1cccc(NC2CCN(CC(=O)N3CCOCC3)CC2)c1. The van der Waals surface area contributed by atoms with Crippen LogP contribution in [0.2, 0.25) is 0 Å². The molecule has 0 bridgehead atoms. The number of anilines is 1. The molecule has 6 heteroatoms. The molecule has 2 aliphatic rings.